The summed E-state index contributed by atoms with van der Waals surface area (Å²) in [5, 5.41) is 3.05. The molecule has 6 heteroatoms. The van der Waals surface area contributed by atoms with Crippen LogP contribution in [0.3, 0.4) is 0 Å². The molecule has 1 unspecified atom stereocenters. The summed E-state index contributed by atoms with van der Waals surface area (Å²) in [7, 11) is 0. The van der Waals surface area contributed by atoms with E-state index in [-0.39, 0.29) is 23.3 Å². The molecule has 0 aromatic carbocycles. The first kappa shape index (κ1) is 15.3. The summed E-state index contributed by atoms with van der Waals surface area (Å²) in [4.78, 5) is 30.1. The molecule has 1 aliphatic carbocycles. The number of carbonyl (C=O) groups excluding carboxylic acids is 2. The minimum atomic E-state index is -0.330. The molecular formula is C16H21N3O2S. The molecule has 1 aliphatic heterocycles. The van der Waals surface area contributed by atoms with Crippen LogP contribution in [0.15, 0.2) is 18.3 Å². The van der Waals surface area contributed by atoms with Crippen LogP contribution in [0.4, 0.5) is 0 Å². The molecule has 1 saturated carbocycles. The number of rotatable bonds is 4. The molecule has 3 rings (SSSR count). The van der Waals surface area contributed by atoms with Crippen LogP contribution in [0.25, 0.3) is 0 Å². The summed E-state index contributed by atoms with van der Waals surface area (Å²) >= 11 is 1.63. The van der Waals surface area contributed by atoms with Gasteiger partial charge in [0.2, 0.25) is 11.8 Å². The number of nitrogens with one attached hydrogen (secondary N) is 1. The molecule has 1 aromatic rings. The van der Waals surface area contributed by atoms with Crippen LogP contribution in [0, 0.1) is 6.92 Å². The van der Waals surface area contributed by atoms with E-state index in [1.54, 1.807) is 16.7 Å². The van der Waals surface area contributed by atoms with Crippen LogP contribution in [0.2, 0.25) is 0 Å². The normalized spacial score (nSPS) is 22.5. The van der Waals surface area contributed by atoms with Crippen LogP contribution in [-0.2, 0) is 15.0 Å². The molecule has 2 heterocycles. The molecule has 2 aliphatic rings. The van der Waals surface area contributed by atoms with E-state index in [0.717, 1.165) is 18.5 Å². The van der Waals surface area contributed by atoms with Crippen molar-refractivity contribution in [1.29, 1.82) is 0 Å². The third kappa shape index (κ3) is 2.84. The first-order valence-corrected chi connectivity index (χ1v) is 8.74. The third-order valence-corrected chi connectivity index (χ3v) is 5.57. The number of amides is 2. The highest BCUT2D eigenvalue weighted by molar-refractivity contribution is 7.99. The molecule has 0 bridgehead atoms. The highest BCUT2D eigenvalue weighted by Gasteiger charge is 2.47. The van der Waals surface area contributed by atoms with Crippen LogP contribution in [0.1, 0.15) is 31.0 Å². The van der Waals surface area contributed by atoms with E-state index >= 15 is 0 Å². The zero-order chi connectivity index (χ0) is 15.7. The predicted octanol–water partition coefficient (Wildman–Crippen LogP) is 1.46. The lowest BCUT2D eigenvalue weighted by atomic mass is 9.97. The number of hydrogen-bond acceptors (Lipinski definition) is 4. The Morgan fingerprint density at radius 1 is 1.50 bits per heavy atom. The second-order valence-electron chi connectivity index (χ2n) is 6.17. The second kappa shape index (κ2) is 5.91. The molecule has 22 heavy (non-hydrogen) atoms. The zero-order valence-corrected chi connectivity index (χ0v) is 13.8. The average Bonchev–Trinajstić information content (AvgIpc) is 3.10. The Labute approximate surface area is 134 Å². The fraction of sp³-hybridized carbons (Fsp3) is 0.562. The summed E-state index contributed by atoms with van der Waals surface area (Å²) in [5.74, 6) is 1.21. The van der Waals surface area contributed by atoms with E-state index in [1.165, 1.54) is 12.5 Å². The minimum absolute atomic E-state index is 0.00615. The molecule has 1 aromatic heterocycles. The van der Waals surface area contributed by atoms with Crippen LogP contribution >= 0.6 is 11.8 Å². The van der Waals surface area contributed by atoms with Crippen LogP contribution < -0.4 is 5.32 Å². The van der Waals surface area contributed by atoms with Gasteiger partial charge in [-0.3, -0.25) is 14.6 Å². The number of aryl methyl sites for hydroxylation is 1. The third-order valence-electron chi connectivity index (χ3n) is 4.56. The maximum absolute atomic E-state index is 12.4. The summed E-state index contributed by atoms with van der Waals surface area (Å²) in [6.45, 7) is 4.19. The van der Waals surface area contributed by atoms with Crippen molar-refractivity contribution in [1.82, 2.24) is 15.2 Å². The number of carbonyl (C=O) groups is 2. The van der Waals surface area contributed by atoms with Gasteiger partial charge in [0.1, 0.15) is 6.04 Å². The first-order chi connectivity index (χ1) is 10.5. The van der Waals surface area contributed by atoms with E-state index in [0.29, 0.717) is 18.2 Å². The maximum Gasteiger partial charge on any atom is 0.243 e. The van der Waals surface area contributed by atoms with Gasteiger partial charge in [0.15, 0.2) is 0 Å². The van der Waals surface area contributed by atoms with Gasteiger partial charge < -0.3 is 10.2 Å². The van der Waals surface area contributed by atoms with Crippen molar-refractivity contribution in [3.63, 3.8) is 0 Å². The number of hydrogen-bond donors (Lipinski definition) is 1. The fourth-order valence-corrected chi connectivity index (χ4v) is 4.25. The van der Waals surface area contributed by atoms with E-state index in [2.05, 4.69) is 23.3 Å². The molecule has 5 nitrogen and oxygen atoms in total. The lowest BCUT2D eigenvalue weighted by Gasteiger charge is -2.23. The van der Waals surface area contributed by atoms with Crippen molar-refractivity contribution in [2.75, 3.05) is 18.2 Å². The standard InChI is InChI=1S/C16H21N3O2S/c1-11-4-3-7-17-14(11)16(5-6-16)9-18-15(21)13-8-22-10-19(13)12(2)20/h3-4,7,13H,5-6,8-10H2,1-2H3,(H,18,21). The summed E-state index contributed by atoms with van der Waals surface area (Å²) in [6.07, 6.45) is 3.93. The number of pyridine rings is 1. The molecule has 1 atom stereocenters. The summed E-state index contributed by atoms with van der Waals surface area (Å²) < 4.78 is 0. The summed E-state index contributed by atoms with van der Waals surface area (Å²) in [5.41, 5.74) is 2.27. The van der Waals surface area contributed by atoms with E-state index in [4.69, 9.17) is 0 Å². The Balaban J connectivity index is 1.64. The van der Waals surface area contributed by atoms with Crippen LogP contribution in [-0.4, -0.2) is 45.9 Å². The Kier molecular flexibility index (Phi) is 4.12. The van der Waals surface area contributed by atoms with Gasteiger partial charge in [-0.25, -0.2) is 0 Å². The minimum Gasteiger partial charge on any atom is -0.353 e. The van der Waals surface area contributed by atoms with Crippen molar-refractivity contribution >= 4 is 23.6 Å². The Morgan fingerprint density at radius 2 is 2.27 bits per heavy atom. The summed E-state index contributed by atoms with van der Waals surface area (Å²) in [6, 6.07) is 3.67. The Morgan fingerprint density at radius 3 is 2.91 bits per heavy atom. The lowest BCUT2D eigenvalue weighted by Crippen LogP contribution is -2.48. The number of aromatic nitrogens is 1. The van der Waals surface area contributed by atoms with Crippen molar-refractivity contribution in [3.05, 3.63) is 29.6 Å². The van der Waals surface area contributed by atoms with Gasteiger partial charge >= 0.3 is 0 Å². The van der Waals surface area contributed by atoms with Gasteiger partial charge in [-0.15, -0.1) is 11.8 Å². The fourth-order valence-electron chi connectivity index (χ4n) is 3.03. The smallest absolute Gasteiger partial charge is 0.243 e. The van der Waals surface area contributed by atoms with E-state index < -0.39 is 0 Å². The van der Waals surface area contributed by atoms with E-state index in [1.807, 2.05) is 12.3 Å². The van der Waals surface area contributed by atoms with Gasteiger partial charge in [0.05, 0.1) is 11.6 Å². The zero-order valence-electron chi connectivity index (χ0n) is 13.0. The Bertz CT molecular complexity index is 601. The largest absolute Gasteiger partial charge is 0.353 e. The van der Waals surface area contributed by atoms with Crippen molar-refractivity contribution < 1.29 is 9.59 Å². The number of nitrogens with zero attached hydrogens (tertiary/aromatic N) is 2. The monoisotopic (exact) mass is 319 g/mol. The molecule has 1 saturated heterocycles. The molecule has 118 valence electrons. The van der Waals surface area contributed by atoms with E-state index in [9.17, 15) is 9.59 Å². The Hall–Kier alpha value is -1.56. The van der Waals surface area contributed by atoms with Gasteiger partial charge in [-0.2, -0.15) is 0 Å². The SMILES string of the molecule is CC(=O)N1CSCC1C(=O)NCC1(c2ncccc2C)CC1. The van der Waals surface area contributed by atoms with Crippen molar-refractivity contribution in [2.45, 2.75) is 38.1 Å². The highest BCUT2D eigenvalue weighted by atomic mass is 32.2. The lowest BCUT2D eigenvalue weighted by molar-refractivity contribution is -0.136. The molecule has 1 N–H and O–H groups in total. The molecule has 2 amide bonds. The quantitative estimate of drug-likeness (QED) is 0.913. The predicted molar refractivity (Wildman–Crippen MR) is 86.5 cm³/mol. The highest BCUT2D eigenvalue weighted by Crippen LogP contribution is 2.47. The first-order valence-electron chi connectivity index (χ1n) is 7.58. The van der Waals surface area contributed by atoms with Crippen molar-refractivity contribution in [3.8, 4) is 0 Å². The van der Waals surface area contributed by atoms with Crippen molar-refractivity contribution in [2.24, 2.45) is 0 Å². The number of thioether (sulfide) groups is 1. The molecule has 2 fully saturated rings. The topological polar surface area (TPSA) is 62.3 Å². The van der Waals surface area contributed by atoms with Gasteiger partial charge in [0, 0.05) is 30.8 Å². The molecular weight excluding hydrogens is 298 g/mol. The van der Waals surface area contributed by atoms with Gasteiger partial charge in [-0.1, -0.05) is 6.07 Å². The van der Waals surface area contributed by atoms with Gasteiger partial charge in [-0.05, 0) is 31.4 Å². The molecule has 0 spiro atoms. The van der Waals surface area contributed by atoms with Crippen LogP contribution in [0.5, 0.6) is 0 Å². The second-order valence-corrected chi connectivity index (χ2v) is 7.17. The maximum atomic E-state index is 12.4. The average molecular weight is 319 g/mol. The van der Waals surface area contributed by atoms with Gasteiger partial charge in [0.25, 0.3) is 0 Å². The molecule has 0 radical (unpaired) electrons.